The maximum absolute atomic E-state index is 11.2. The van der Waals surface area contributed by atoms with Crippen molar-refractivity contribution in [1.82, 2.24) is 0 Å². The molecule has 1 aromatic rings. The molecule has 2 rings (SSSR count). The maximum Gasteiger partial charge on any atom is 0.232 e. The fraction of sp³-hybridized carbons (Fsp3) is 0.500. The van der Waals surface area contributed by atoms with Gasteiger partial charge in [-0.1, -0.05) is 0 Å². The van der Waals surface area contributed by atoms with E-state index in [1.165, 1.54) is 12.1 Å². The van der Waals surface area contributed by atoms with Gasteiger partial charge in [0.05, 0.1) is 13.0 Å². The molecule has 0 spiro atoms. The van der Waals surface area contributed by atoms with E-state index >= 15 is 0 Å². The number of anilines is 1. The highest BCUT2D eigenvalue weighted by Gasteiger charge is 2.56. The minimum Gasteiger partial charge on any atom is -0.462 e. The van der Waals surface area contributed by atoms with Crippen molar-refractivity contribution in [2.45, 2.75) is 36.6 Å². The van der Waals surface area contributed by atoms with Crippen molar-refractivity contribution in [1.29, 1.82) is 0 Å². The molecule has 1 heterocycles. The van der Waals surface area contributed by atoms with E-state index < -0.39 is 49.1 Å². The number of hydrogen-bond donors (Lipinski definition) is 6. The molecule has 9 heteroatoms. The zero-order valence-electron chi connectivity index (χ0n) is 12.2. The lowest BCUT2D eigenvalue weighted by atomic mass is 9.83. The summed E-state index contributed by atoms with van der Waals surface area (Å²) in [4.78, 5) is 11.2. The minimum atomic E-state index is -2.28. The Morgan fingerprint density at radius 3 is 2.43 bits per heavy atom. The summed E-state index contributed by atoms with van der Waals surface area (Å²) in [6.07, 6.45) is -6.86. The summed E-state index contributed by atoms with van der Waals surface area (Å²) in [5.41, 5.74) is 8.85. The Hall–Kier alpha value is -1.91. The van der Waals surface area contributed by atoms with Crippen molar-refractivity contribution < 1.29 is 34.7 Å². The molecule has 1 saturated heterocycles. The zero-order chi connectivity index (χ0) is 17.2. The van der Waals surface area contributed by atoms with Gasteiger partial charge in [0, 0.05) is 5.69 Å². The number of nitrogens with two attached hydrogens (primary N) is 2. The van der Waals surface area contributed by atoms with E-state index in [9.17, 15) is 25.2 Å². The van der Waals surface area contributed by atoms with Crippen LogP contribution in [0.25, 0.3) is 0 Å². The molecule has 1 amide bonds. The molecule has 0 unspecified atom stereocenters. The third-order valence-corrected chi connectivity index (χ3v) is 3.68. The van der Waals surface area contributed by atoms with Crippen LogP contribution in [0.2, 0.25) is 0 Å². The number of amides is 1. The summed E-state index contributed by atoms with van der Waals surface area (Å²) in [6.45, 7) is -0.619. The number of benzene rings is 1. The van der Waals surface area contributed by atoms with Crippen LogP contribution in [0.3, 0.4) is 0 Å². The molecule has 0 aromatic heterocycles. The van der Waals surface area contributed by atoms with Crippen LogP contribution >= 0.6 is 0 Å². The van der Waals surface area contributed by atoms with E-state index in [-0.39, 0.29) is 5.75 Å². The third kappa shape index (κ3) is 3.54. The Morgan fingerprint density at radius 1 is 1.30 bits per heavy atom. The number of aliphatic hydroxyl groups excluding tert-OH is 3. The Balaban J connectivity index is 2.30. The number of carbonyl (C=O) groups is 1. The summed E-state index contributed by atoms with van der Waals surface area (Å²) in [6, 6.07) is 6.07. The summed E-state index contributed by atoms with van der Waals surface area (Å²) < 4.78 is 10.8. The zero-order valence-corrected chi connectivity index (χ0v) is 12.2. The lowest BCUT2D eigenvalue weighted by molar-refractivity contribution is -0.320. The van der Waals surface area contributed by atoms with Crippen LogP contribution in [0.5, 0.6) is 5.75 Å². The van der Waals surface area contributed by atoms with E-state index in [1.807, 2.05) is 0 Å². The SMILES string of the molecule is NC(=O)C[C@@]1(O)[C@@H](Oc2ccc(N)cc2)O[C@H](CO)[C@@H](O)[C@@H]1O. The van der Waals surface area contributed by atoms with Crippen LogP contribution in [0.1, 0.15) is 6.42 Å². The summed E-state index contributed by atoms with van der Waals surface area (Å²) in [5.74, 6) is -0.678. The first-order valence-electron chi connectivity index (χ1n) is 6.93. The number of rotatable bonds is 5. The van der Waals surface area contributed by atoms with Crippen molar-refractivity contribution in [2.24, 2.45) is 5.73 Å². The molecule has 8 N–H and O–H groups in total. The van der Waals surface area contributed by atoms with Gasteiger partial charge in [-0.05, 0) is 24.3 Å². The highest BCUT2D eigenvalue weighted by atomic mass is 16.7. The fourth-order valence-electron chi connectivity index (χ4n) is 2.41. The molecule has 0 bridgehead atoms. The molecule has 0 aliphatic carbocycles. The van der Waals surface area contributed by atoms with Crippen LogP contribution in [0.15, 0.2) is 24.3 Å². The molecule has 23 heavy (non-hydrogen) atoms. The minimum absolute atomic E-state index is 0.243. The molecule has 9 nitrogen and oxygen atoms in total. The van der Waals surface area contributed by atoms with Gasteiger partial charge in [0.2, 0.25) is 12.2 Å². The van der Waals surface area contributed by atoms with Crippen molar-refractivity contribution in [3.05, 3.63) is 24.3 Å². The number of carbonyl (C=O) groups excluding carboxylic acids is 1. The standard InChI is InChI=1S/C14H20N2O7/c15-7-1-3-8(4-2-7)22-13-14(21,5-10(16)18)12(20)11(19)9(6-17)23-13/h1-4,9,11-13,17,19-21H,5-6,15H2,(H2,16,18)/t9-,11-,12+,13+,14+/m1/s1. The molecule has 1 aliphatic heterocycles. The molecule has 5 atom stereocenters. The van der Waals surface area contributed by atoms with Gasteiger partial charge in [-0.15, -0.1) is 0 Å². The van der Waals surface area contributed by atoms with Gasteiger partial charge in [0.25, 0.3) is 0 Å². The molecular weight excluding hydrogens is 308 g/mol. The predicted octanol–water partition coefficient (Wildman–Crippen LogP) is -2.31. The van der Waals surface area contributed by atoms with Crippen molar-refractivity contribution in [3.63, 3.8) is 0 Å². The van der Waals surface area contributed by atoms with Crippen LogP contribution in [-0.4, -0.2) is 63.1 Å². The van der Waals surface area contributed by atoms with Gasteiger partial charge in [0.15, 0.2) is 5.60 Å². The molecule has 1 aromatic carbocycles. The molecule has 1 aliphatic rings. The van der Waals surface area contributed by atoms with Crippen molar-refractivity contribution in [2.75, 3.05) is 12.3 Å². The highest BCUT2D eigenvalue weighted by Crippen LogP contribution is 2.34. The second-order valence-electron chi connectivity index (χ2n) is 5.45. The maximum atomic E-state index is 11.2. The van der Waals surface area contributed by atoms with Crippen molar-refractivity contribution in [3.8, 4) is 5.75 Å². The monoisotopic (exact) mass is 328 g/mol. The average Bonchev–Trinajstić information content (AvgIpc) is 2.49. The van der Waals surface area contributed by atoms with Crippen LogP contribution in [-0.2, 0) is 9.53 Å². The summed E-state index contributed by atoms with van der Waals surface area (Å²) in [5, 5.41) is 39.8. The number of hydrogen-bond acceptors (Lipinski definition) is 8. The lowest BCUT2D eigenvalue weighted by Gasteiger charge is -2.47. The summed E-state index contributed by atoms with van der Waals surface area (Å²) in [7, 11) is 0. The molecule has 1 fully saturated rings. The van der Waals surface area contributed by atoms with E-state index in [1.54, 1.807) is 12.1 Å². The number of nitrogen functional groups attached to an aromatic ring is 1. The number of ether oxygens (including phenoxy) is 2. The fourth-order valence-corrected chi connectivity index (χ4v) is 2.41. The van der Waals surface area contributed by atoms with Gasteiger partial charge in [-0.3, -0.25) is 4.79 Å². The van der Waals surface area contributed by atoms with Crippen LogP contribution in [0.4, 0.5) is 5.69 Å². The number of aliphatic hydroxyl groups is 4. The second-order valence-corrected chi connectivity index (χ2v) is 5.45. The van der Waals surface area contributed by atoms with E-state index in [4.69, 9.17) is 20.9 Å². The van der Waals surface area contributed by atoms with E-state index in [2.05, 4.69) is 0 Å². The lowest BCUT2D eigenvalue weighted by Crippen LogP contribution is -2.68. The smallest absolute Gasteiger partial charge is 0.232 e. The van der Waals surface area contributed by atoms with Crippen LogP contribution in [0, 0.1) is 0 Å². The average molecular weight is 328 g/mol. The molecule has 0 saturated carbocycles. The first-order chi connectivity index (χ1) is 10.8. The first kappa shape index (κ1) is 17.4. The molecule has 0 radical (unpaired) electrons. The van der Waals surface area contributed by atoms with E-state index in [0.717, 1.165) is 0 Å². The Bertz CT molecular complexity index is 553. The molecule has 128 valence electrons. The van der Waals surface area contributed by atoms with Gasteiger partial charge >= 0.3 is 0 Å². The van der Waals surface area contributed by atoms with Gasteiger partial charge in [-0.2, -0.15) is 0 Å². The van der Waals surface area contributed by atoms with Gasteiger partial charge in [0.1, 0.15) is 24.1 Å². The normalized spacial score (nSPS) is 34.1. The summed E-state index contributed by atoms with van der Waals surface area (Å²) >= 11 is 0. The van der Waals surface area contributed by atoms with E-state index in [0.29, 0.717) is 5.69 Å². The first-order valence-corrected chi connectivity index (χ1v) is 6.93. The predicted molar refractivity (Wildman–Crippen MR) is 78.0 cm³/mol. The third-order valence-electron chi connectivity index (χ3n) is 3.68. The Kier molecular flexibility index (Phi) is 5.07. The second kappa shape index (κ2) is 6.69. The van der Waals surface area contributed by atoms with Crippen molar-refractivity contribution >= 4 is 11.6 Å². The highest BCUT2D eigenvalue weighted by molar-refractivity contribution is 5.75. The Morgan fingerprint density at radius 2 is 1.91 bits per heavy atom. The quantitative estimate of drug-likeness (QED) is 0.328. The topological polar surface area (TPSA) is 168 Å². The molecular formula is C14H20N2O7. The largest absolute Gasteiger partial charge is 0.462 e. The van der Waals surface area contributed by atoms with Gasteiger partial charge < -0.3 is 41.4 Å². The van der Waals surface area contributed by atoms with Crippen LogP contribution < -0.4 is 16.2 Å². The number of primary amides is 1. The Labute approximate surface area is 132 Å². The van der Waals surface area contributed by atoms with Gasteiger partial charge in [-0.25, -0.2) is 0 Å².